The van der Waals surface area contributed by atoms with Gasteiger partial charge in [0.05, 0.1) is 23.2 Å². The zero-order valence-corrected chi connectivity index (χ0v) is 31.6. The maximum atomic E-state index is 13.2. The number of hydrogen-bond acceptors (Lipinski definition) is 9. The summed E-state index contributed by atoms with van der Waals surface area (Å²) in [4.78, 5) is 62.6. The van der Waals surface area contributed by atoms with Crippen LogP contribution < -0.4 is 10.2 Å². The predicted molar refractivity (Wildman–Crippen MR) is 196 cm³/mol. The summed E-state index contributed by atoms with van der Waals surface area (Å²) in [5.74, 6) is -0.366. The van der Waals surface area contributed by atoms with Crippen LogP contribution in [-0.2, 0) is 33.9 Å². The third-order valence-corrected chi connectivity index (χ3v) is 8.63. The fourth-order valence-electron chi connectivity index (χ4n) is 6.30. The number of carbonyl (C=O) groups is 4. The van der Waals surface area contributed by atoms with Gasteiger partial charge in [-0.25, -0.2) is 34.2 Å². The molecule has 294 valence electrons. The molecule has 0 aliphatic heterocycles. The Balaban J connectivity index is 1.28. The average Bonchev–Trinajstić information content (AvgIpc) is 3.42. The number of hydrogen-bond donors (Lipinski definition) is 2. The van der Waals surface area contributed by atoms with Crippen molar-refractivity contribution in [2.75, 3.05) is 10.2 Å². The maximum Gasteiger partial charge on any atom is 0.420 e. The van der Waals surface area contributed by atoms with Crippen LogP contribution in [0, 0.1) is 0 Å². The second-order valence-corrected chi connectivity index (χ2v) is 15.4. The minimum Gasteiger partial charge on any atom is -0.465 e. The molecule has 1 aliphatic rings. The molecular formula is C38H44F3N7O7. The van der Waals surface area contributed by atoms with Crippen LogP contribution in [0.2, 0.25) is 0 Å². The van der Waals surface area contributed by atoms with E-state index in [0.717, 1.165) is 21.9 Å². The minimum atomic E-state index is -4.52. The van der Waals surface area contributed by atoms with Gasteiger partial charge in [0.25, 0.3) is 0 Å². The highest BCUT2D eigenvalue weighted by Crippen LogP contribution is 2.33. The first-order chi connectivity index (χ1) is 25.6. The molecule has 2 aromatic carbocycles. The molecule has 5 rings (SSSR count). The van der Waals surface area contributed by atoms with Crippen LogP contribution in [0.25, 0.3) is 22.2 Å². The van der Waals surface area contributed by atoms with E-state index in [4.69, 9.17) is 9.47 Å². The lowest BCUT2D eigenvalue weighted by Crippen LogP contribution is -2.52. The highest BCUT2D eigenvalue weighted by molar-refractivity contribution is 5.93. The molecule has 17 heteroatoms. The Morgan fingerprint density at radius 1 is 0.891 bits per heavy atom. The topological polar surface area (TPSA) is 169 Å². The summed E-state index contributed by atoms with van der Waals surface area (Å²) in [7, 11) is 1.67. The highest BCUT2D eigenvalue weighted by atomic mass is 19.4. The van der Waals surface area contributed by atoms with Crippen molar-refractivity contribution in [3.63, 3.8) is 0 Å². The number of aromatic nitrogens is 4. The van der Waals surface area contributed by atoms with Gasteiger partial charge in [-0.1, -0.05) is 24.3 Å². The van der Waals surface area contributed by atoms with E-state index >= 15 is 0 Å². The van der Waals surface area contributed by atoms with E-state index in [1.54, 1.807) is 72.9 Å². The summed E-state index contributed by atoms with van der Waals surface area (Å²) in [5, 5.41) is 17.8. The lowest BCUT2D eigenvalue weighted by atomic mass is 9.89. The Hall–Kier alpha value is -5.74. The van der Waals surface area contributed by atoms with Gasteiger partial charge in [-0.15, -0.1) is 0 Å². The second-order valence-electron chi connectivity index (χ2n) is 15.4. The monoisotopic (exact) mass is 767 g/mol. The zero-order chi connectivity index (χ0) is 40.5. The summed E-state index contributed by atoms with van der Waals surface area (Å²) >= 11 is 0. The van der Waals surface area contributed by atoms with Gasteiger partial charge in [-0.05, 0) is 91.0 Å². The van der Waals surface area contributed by atoms with Crippen molar-refractivity contribution in [2.24, 2.45) is 7.05 Å². The molecule has 0 radical (unpaired) electrons. The number of imide groups is 1. The molecule has 2 heterocycles. The number of alkyl halides is 3. The van der Waals surface area contributed by atoms with E-state index < -0.39 is 59.2 Å². The number of anilines is 2. The van der Waals surface area contributed by atoms with Crippen molar-refractivity contribution < 1.29 is 46.9 Å². The summed E-state index contributed by atoms with van der Waals surface area (Å²) in [6.45, 7) is 10.2. The Morgan fingerprint density at radius 2 is 1.51 bits per heavy atom. The normalized spacial score (nSPS) is 16.3. The van der Waals surface area contributed by atoms with E-state index in [2.05, 4.69) is 20.4 Å². The molecule has 4 amide bonds. The zero-order valence-electron chi connectivity index (χ0n) is 31.6. The van der Waals surface area contributed by atoms with Gasteiger partial charge in [0.1, 0.15) is 11.2 Å². The fourth-order valence-corrected chi connectivity index (χ4v) is 6.30. The summed E-state index contributed by atoms with van der Waals surface area (Å²) < 4.78 is 51.8. The van der Waals surface area contributed by atoms with Crippen molar-refractivity contribution in [3.05, 3.63) is 65.9 Å². The molecular weight excluding hydrogens is 723 g/mol. The molecule has 14 nitrogen and oxygen atoms in total. The molecule has 2 aromatic heterocycles. The smallest absolute Gasteiger partial charge is 0.420 e. The molecule has 2 N–H and O–H groups in total. The Bertz CT molecular complexity index is 2050. The minimum absolute atomic E-state index is 0.0290. The van der Waals surface area contributed by atoms with Gasteiger partial charge in [-0.3, -0.25) is 9.48 Å². The first-order valence-electron chi connectivity index (χ1n) is 17.6. The van der Waals surface area contributed by atoms with Crippen molar-refractivity contribution in [1.82, 2.24) is 24.6 Å². The number of carbonyl (C=O) groups excluding carboxylic acids is 3. The number of nitrogens with zero attached hydrogens (tertiary/aromatic N) is 6. The predicted octanol–water partition coefficient (Wildman–Crippen LogP) is 8.20. The van der Waals surface area contributed by atoms with E-state index in [1.807, 2.05) is 0 Å². The third kappa shape index (κ3) is 10.3. The number of aryl methyl sites for hydroxylation is 1. The van der Waals surface area contributed by atoms with Crippen molar-refractivity contribution >= 4 is 46.9 Å². The number of benzene rings is 2. The van der Waals surface area contributed by atoms with Crippen LogP contribution in [0.15, 0.2) is 54.7 Å². The first kappa shape index (κ1) is 40.4. The number of carboxylic acid groups (broad SMARTS) is 1. The van der Waals surface area contributed by atoms with Crippen LogP contribution in [0.5, 0.6) is 0 Å². The van der Waals surface area contributed by atoms with Gasteiger partial charge < -0.3 is 19.9 Å². The summed E-state index contributed by atoms with van der Waals surface area (Å²) in [6, 6.07) is 10.3. The summed E-state index contributed by atoms with van der Waals surface area (Å²) in [6.07, 6.45) is -5.03. The fraction of sp³-hybridized carbons (Fsp3) is 0.447. The van der Waals surface area contributed by atoms with E-state index in [0.29, 0.717) is 47.8 Å². The van der Waals surface area contributed by atoms with Gasteiger partial charge in [0, 0.05) is 42.3 Å². The Morgan fingerprint density at radius 3 is 2.09 bits per heavy atom. The van der Waals surface area contributed by atoms with E-state index in [1.165, 1.54) is 23.0 Å². The molecule has 55 heavy (non-hydrogen) atoms. The van der Waals surface area contributed by atoms with Crippen molar-refractivity contribution in [2.45, 2.75) is 103 Å². The third-order valence-electron chi connectivity index (χ3n) is 8.63. The molecule has 1 saturated carbocycles. The van der Waals surface area contributed by atoms with E-state index in [-0.39, 0.29) is 23.8 Å². The SMILES string of the molecule is Cn1nc(NC(=O)Cc2cccc(C(F)(F)F)c2)cc1-c1ccc2nc(N(C(=O)O)C3CCC(N(C(=O)OC(C)(C)C)C(=O)OC(C)(C)C)CC3)ncc2c1. The molecule has 0 bridgehead atoms. The number of ether oxygens (including phenoxy) is 2. The molecule has 4 aromatic rings. The van der Waals surface area contributed by atoms with Crippen molar-refractivity contribution in [1.29, 1.82) is 0 Å². The molecule has 0 atom stereocenters. The molecule has 1 aliphatic carbocycles. The van der Waals surface area contributed by atoms with Crippen LogP contribution in [0.4, 0.5) is 39.3 Å². The van der Waals surface area contributed by atoms with Crippen molar-refractivity contribution in [3.8, 4) is 11.3 Å². The van der Waals surface area contributed by atoms with Crippen LogP contribution in [-0.4, -0.2) is 77.2 Å². The van der Waals surface area contributed by atoms with Crippen LogP contribution in [0.3, 0.4) is 0 Å². The van der Waals surface area contributed by atoms with Gasteiger partial charge >= 0.3 is 24.5 Å². The van der Waals surface area contributed by atoms with Crippen LogP contribution >= 0.6 is 0 Å². The number of amides is 4. The molecule has 1 fully saturated rings. The number of halogens is 3. The van der Waals surface area contributed by atoms with E-state index in [9.17, 15) is 37.5 Å². The van der Waals surface area contributed by atoms with Gasteiger partial charge in [0.15, 0.2) is 5.82 Å². The highest BCUT2D eigenvalue weighted by Gasteiger charge is 2.41. The number of rotatable bonds is 7. The van der Waals surface area contributed by atoms with Gasteiger partial charge in [0.2, 0.25) is 11.9 Å². The van der Waals surface area contributed by atoms with Gasteiger partial charge in [-0.2, -0.15) is 18.3 Å². The Kier molecular flexibility index (Phi) is 11.4. The number of nitrogens with one attached hydrogen (secondary N) is 1. The largest absolute Gasteiger partial charge is 0.465 e. The molecule has 0 unspecified atom stereocenters. The first-order valence-corrected chi connectivity index (χ1v) is 17.6. The standard InChI is InChI=1S/C38H44F3N7O7/c1-36(2,3)54-34(52)48(35(53)55-37(4,5)6)27-14-12-26(13-15-27)47(33(50)51)32-42-21-24-19-23(11-16-28(24)43-32)29-20-30(45-46(29)7)44-31(49)18-22-9-8-10-25(17-22)38(39,40)41/h8-11,16-17,19-21,26-27H,12-15,18H2,1-7H3,(H,50,51)(H,44,45,49). The molecule has 0 saturated heterocycles. The number of fused-ring (bicyclic) bond motifs is 1. The Labute approximate surface area is 315 Å². The quantitative estimate of drug-likeness (QED) is 0.187. The lowest BCUT2D eigenvalue weighted by molar-refractivity contribution is -0.137. The maximum absolute atomic E-state index is 13.2. The lowest BCUT2D eigenvalue weighted by Gasteiger charge is -2.38. The second kappa shape index (κ2) is 15.5. The van der Waals surface area contributed by atoms with Crippen LogP contribution in [0.1, 0.15) is 78.4 Å². The average molecular weight is 768 g/mol. The summed E-state index contributed by atoms with van der Waals surface area (Å²) in [5.41, 5.74) is -0.597. The molecule has 0 spiro atoms.